The zero-order chi connectivity index (χ0) is 24.4. The Morgan fingerprint density at radius 3 is 2.62 bits per heavy atom. The molecule has 13 heteroatoms. The maximum atomic E-state index is 13.5. The number of thiazole rings is 1. The molecule has 2 amide bonds. The van der Waals surface area contributed by atoms with E-state index in [0.29, 0.717) is 66.5 Å². The van der Waals surface area contributed by atoms with Gasteiger partial charge in [-0.3, -0.25) is 9.59 Å². The van der Waals surface area contributed by atoms with Crippen molar-refractivity contribution in [2.24, 2.45) is 5.92 Å². The van der Waals surface area contributed by atoms with Crippen LogP contribution in [0.1, 0.15) is 32.3 Å². The lowest BCUT2D eigenvalue weighted by atomic mass is 9.90. The van der Waals surface area contributed by atoms with Crippen molar-refractivity contribution in [1.82, 2.24) is 20.2 Å². The van der Waals surface area contributed by atoms with Crippen molar-refractivity contribution in [2.45, 2.75) is 19.4 Å². The van der Waals surface area contributed by atoms with Crippen molar-refractivity contribution in [3.8, 4) is 0 Å². The number of nitrogens with one attached hydrogen (secondary N) is 2. The van der Waals surface area contributed by atoms with Crippen LogP contribution >= 0.6 is 34.5 Å². The summed E-state index contributed by atoms with van der Waals surface area (Å²) in [5, 5.41) is 4.06. The van der Waals surface area contributed by atoms with Crippen molar-refractivity contribution in [2.75, 3.05) is 51.4 Å². The van der Waals surface area contributed by atoms with Crippen LogP contribution in [0.4, 0.5) is 5.13 Å². The first-order valence-corrected chi connectivity index (χ1v) is 12.4. The first-order valence-electron chi connectivity index (χ1n) is 10.8. The molecule has 0 bridgehead atoms. The molecular formula is C21H25Cl2N5O5S. The summed E-state index contributed by atoms with van der Waals surface area (Å²) >= 11 is 13.6. The number of halogens is 2. The lowest BCUT2D eigenvalue weighted by molar-refractivity contribution is -0.140. The number of carbonyl (C=O) groups excluding carboxylic acids is 3. The Balaban J connectivity index is 1.55. The van der Waals surface area contributed by atoms with Gasteiger partial charge in [-0.25, -0.2) is 9.78 Å². The van der Waals surface area contributed by atoms with E-state index in [1.807, 2.05) is 4.90 Å². The molecule has 34 heavy (non-hydrogen) atoms. The fraction of sp³-hybridized carbons (Fsp3) is 0.524. The van der Waals surface area contributed by atoms with Crippen LogP contribution in [0.2, 0.25) is 10.0 Å². The number of carbonyl (C=O) groups is 3. The van der Waals surface area contributed by atoms with E-state index in [9.17, 15) is 14.4 Å². The number of hydrogen-bond donors (Lipinski definition) is 2. The molecule has 2 aliphatic rings. The topological polar surface area (TPSA) is 117 Å². The Bertz CT molecular complexity index is 1080. The molecule has 2 aromatic rings. The second-order valence-electron chi connectivity index (χ2n) is 8.11. The van der Waals surface area contributed by atoms with Crippen LogP contribution in [0.25, 0.3) is 0 Å². The van der Waals surface area contributed by atoms with Gasteiger partial charge < -0.3 is 29.6 Å². The van der Waals surface area contributed by atoms with Crippen molar-refractivity contribution >= 4 is 57.5 Å². The number of ether oxygens (including phenoxy) is 2. The minimum absolute atomic E-state index is 0.0603. The Hall–Kier alpha value is -2.34. The molecular weight excluding hydrogens is 505 g/mol. The molecule has 2 aliphatic heterocycles. The number of H-pyrrole nitrogens is 1. The van der Waals surface area contributed by atoms with Gasteiger partial charge in [0.2, 0.25) is 5.91 Å². The molecule has 2 saturated heterocycles. The minimum atomic E-state index is -0.522. The van der Waals surface area contributed by atoms with E-state index in [2.05, 4.69) is 15.3 Å². The summed E-state index contributed by atoms with van der Waals surface area (Å²) in [6.07, 6.45) is 1.97. The van der Waals surface area contributed by atoms with E-state index >= 15 is 0 Å². The number of morpholine rings is 1. The Morgan fingerprint density at radius 1 is 1.24 bits per heavy atom. The number of piperidine rings is 1. The quantitative estimate of drug-likeness (QED) is 0.570. The molecule has 4 heterocycles. The van der Waals surface area contributed by atoms with Crippen LogP contribution in [0, 0.1) is 12.8 Å². The van der Waals surface area contributed by atoms with Crippen molar-refractivity contribution in [1.29, 1.82) is 0 Å². The molecule has 2 fully saturated rings. The van der Waals surface area contributed by atoms with Gasteiger partial charge in [0.25, 0.3) is 5.91 Å². The summed E-state index contributed by atoms with van der Waals surface area (Å²) in [6, 6.07) is -0.419. The summed E-state index contributed by atoms with van der Waals surface area (Å²) < 4.78 is 10.1. The molecule has 2 N–H and O–H groups in total. The molecule has 2 aromatic heterocycles. The van der Waals surface area contributed by atoms with Gasteiger partial charge >= 0.3 is 5.97 Å². The fourth-order valence-electron chi connectivity index (χ4n) is 4.14. The van der Waals surface area contributed by atoms with E-state index in [-0.39, 0.29) is 16.6 Å². The summed E-state index contributed by atoms with van der Waals surface area (Å²) in [4.78, 5) is 49.7. The van der Waals surface area contributed by atoms with Gasteiger partial charge in [0.1, 0.15) is 10.6 Å². The van der Waals surface area contributed by atoms with Crippen LogP contribution in [-0.2, 0) is 14.3 Å². The van der Waals surface area contributed by atoms with E-state index in [1.165, 1.54) is 24.6 Å². The van der Waals surface area contributed by atoms with E-state index in [1.54, 1.807) is 11.8 Å². The van der Waals surface area contributed by atoms with Gasteiger partial charge in [-0.05, 0) is 13.3 Å². The van der Waals surface area contributed by atoms with Crippen LogP contribution in [0.5, 0.6) is 0 Å². The Kier molecular flexibility index (Phi) is 7.66. The van der Waals surface area contributed by atoms with Crippen LogP contribution in [0.3, 0.4) is 0 Å². The maximum absolute atomic E-state index is 13.5. The lowest BCUT2D eigenvalue weighted by Gasteiger charge is -2.40. The van der Waals surface area contributed by atoms with Crippen molar-refractivity contribution < 1.29 is 23.9 Å². The number of anilines is 1. The molecule has 0 saturated carbocycles. The number of hydrogen-bond acceptors (Lipinski definition) is 8. The SMILES string of the molecule is COC(=O)c1cnc(N2CC[C@@H](NC(=O)c3[nH]c(C)c(Cl)c3Cl)[C@H](C(=O)N3CCOCC3)C2)s1. The summed E-state index contributed by atoms with van der Waals surface area (Å²) in [6.45, 7) is 4.56. The Morgan fingerprint density at radius 2 is 1.97 bits per heavy atom. The molecule has 0 radical (unpaired) electrons. The standard InChI is InChI=1S/C21H25Cl2N5O5S/c1-11-15(22)16(23)17(25-11)18(29)26-13-3-4-28(21-24-9-14(34-21)20(31)32-2)10-12(13)19(30)27-5-7-33-8-6-27/h9,12-13,25H,3-8,10H2,1-2H3,(H,26,29)/t12-,13-/m1/s1. The van der Waals surface area contributed by atoms with Gasteiger partial charge in [0.15, 0.2) is 5.13 Å². The average molecular weight is 530 g/mol. The number of rotatable bonds is 5. The van der Waals surface area contributed by atoms with Crippen LogP contribution < -0.4 is 10.2 Å². The third-order valence-electron chi connectivity index (χ3n) is 6.00. The molecule has 2 atom stereocenters. The molecule has 0 unspecified atom stereocenters. The van der Waals surface area contributed by atoms with E-state index < -0.39 is 23.8 Å². The van der Waals surface area contributed by atoms with Gasteiger partial charge in [0, 0.05) is 37.9 Å². The number of aromatic nitrogens is 2. The second kappa shape index (κ2) is 10.5. The first-order chi connectivity index (χ1) is 16.3. The number of aryl methyl sites for hydroxylation is 1. The first kappa shape index (κ1) is 24.8. The fourth-order valence-corrected chi connectivity index (χ4v) is 5.43. The molecule has 10 nitrogen and oxygen atoms in total. The third kappa shape index (κ3) is 5.02. The summed E-state index contributed by atoms with van der Waals surface area (Å²) in [7, 11) is 1.32. The highest BCUT2D eigenvalue weighted by molar-refractivity contribution is 7.17. The highest BCUT2D eigenvalue weighted by Crippen LogP contribution is 2.31. The highest BCUT2D eigenvalue weighted by atomic mass is 35.5. The Labute approximate surface area is 210 Å². The van der Waals surface area contributed by atoms with Gasteiger partial charge in [0.05, 0.1) is 42.5 Å². The van der Waals surface area contributed by atoms with Gasteiger partial charge in [-0.2, -0.15) is 0 Å². The second-order valence-corrected chi connectivity index (χ2v) is 9.88. The van der Waals surface area contributed by atoms with Crippen LogP contribution in [0.15, 0.2) is 6.20 Å². The predicted molar refractivity (Wildman–Crippen MR) is 128 cm³/mol. The smallest absolute Gasteiger partial charge is 0.349 e. The van der Waals surface area contributed by atoms with Crippen molar-refractivity contribution in [3.63, 3.8) is 0 Å². The van der Waals surface area contributed by atoms with Gasteiger partial charge in [-0.15, -0.1) is 0 Å². The molecule has 184 valence electrons. The lowest BCUT2D eigenvalue weighted by Crippen LogP contribution is -2.57. The molecule has 0 aliphatic carbocycles. The predicted octanol–water partition coefficient (Wildman–Crippen LogP) is 2.36. The van der Waals surface area contributed by atoms with Gasteiger partial charge in [-0.1, -0.05) is 34.5 Å². The van der Waals surface area contributed by atoms with E-state index in [4.69, 9.17) is 32.7 Å². The zero-order valence-corrected chi connectivity index (χ0v) is 21.1. The van der Waals surface area contributed by atoms with Crippen LogP contribution in [-0.4, -0.2) is 85.2 Å². The highest BCUT2D eigenvalue weighted by Gasteiger charge is 2.39. The number of methoxy groups -OCH3 is 1. The molecule has 0 spiro atoms. The molecule has 4 rings (SSSR count). The normalized spacial score (nSPS) is 20.8. The monoisotopic (exact) mass is 529 g/mol. The average Bonchev–Trinajstić information content (AvgIpc) is 3.45. The number of aromatic amines is 1. The number of nitrogens with zero attached hydrogens (tertiary/aromatic N) is 3. The number of amides is 2. The summed E-state index contributed by atoms with van der Waals surface area (Å²) in [5.41, 5.74) is 0.768. The van der Waals surface area contributed by atoms with Crippen molar-refractivity contribution in [3.05, 3.63) is 32.5 Å². The third-order valence-corrected chi connectivity index (χ3v) is 7.99. The minimum Gasteiger partial charge on any atom is -0.465 e. The van der Waals surface area contributed by atoms with E-state index in [0.717, 1.165) is 0 Å². The largest absolute Gasteiger partial charge is 0.465 e. The summed E-state index contributed by atoms with van der Waals surface area (Å²) in [5.74, 6) is -1.45. The maximum Gasteiger partial charge on any atom is 0.349 e. The molecule has 0 aromatic carbocycles. The number of esters is 1. The zero-order valence-electron chi connectivity index (χ0n) is 18.7.